The molecule has 0 amide bonds. The van der Waals surface area contributed by atoms with Crippen molar-refractivity contribution in [2.75, 3.05) is 6.61 Å². The Morgan fingerprint density at radius 3 is 1.14 bits per heavy atom. The van der Waals surface area contributed by atoms with Gasteiger partial charge in [0.15, 0.2) is 0 Å². The molecular weight excluding hydrogens is 924 g/mol. The van der Waals surface area contributed by atoms with E-state index in [9.17, 15) is 0 Å². The molecule has 0 radical (unpaired) electrons. The third-order valence-corrected chi connectivity index (χ3v) is 15.7. The highest BCUT2D eigenvalue weighted by molar-refractivity contribution is 9.13. The van der Waals surface area contributed by atoms with Gasteiger partial charge in [0.25, 0.3) is 0 Å². The molecule has 0 atom stereocenters. The number of benzene rings is 3. The van der Waals surface area contributed by atoms with E-state index in [2.05, 4.69) is 100 Å². The predicted octanol–water partition coefficient (Wildman–Crippen LogP) is 21.5. The van der Waals surface area contributed by atoms with Gasteiger partial charge in [0, 0.05) is 15.6 Å². The normalized spacial score (nSPS) is 11.6. The number of ether oxygens (including phenoxy) is 1. The first-order chi connectivity index (χ1) is 32.1. The van der Waals surface area contributed by atoms with Gasteiger partial charge in [-0.05, 0) is 93.1 Å². The average Bonchev–Trinajstić information content (AvgIpc) is 3.33. The molecule has 0 N–H and O–H groups in total. The lowest BCUT2D eigenvalue weighted by molar-refractivity contribution is 0.304. The Balaban J connectivity index is 1.10. The van der Waals surface area contributed by atoms with E-state index < -0.39 is 0 Å². The molecule has 4 aromatic rings. The van der Waals surface area contributed by atoms with E-state index in [0.29, 0.717) is 0 Å². The average molecular weight is 1020 g/mol. The second-order valence-electron chi connectivity index (χ2n) is 19.5. The van der Waals surface area contributed by atoms with E-state index in [4.69, 9.17) is 14.7 Å². The van der Waals surface area contributed by atoms with Crippen molar-refractivity contribution >= 4 is 42.9 Å². The Hall–Kier alpha value is -2.24. The molecule has 0 spiro atoms. The number of aryl methyl sites for hydroxylation is 1. The highest BCUT2D eigenvalue weighted by atomic mass is 79.9. The van der Waals surface area contributed by atoms with Crippen LogP contribution in [0.3, 0.4) is 0 Å². The molecule has 65 heavy (non-hydrogen) atoms. The van der Waals surface area contributed by atoms with Crippen LogP contribution in [0.1, 0.15) is 251 Å². The number of hydrogen-bond donors (Lipinski definition) is 0. The maximum Gasteiger partial charge on any atom is 0.119 e. The highest BCUT2D eigenvalue weighted by Gasteiger charge is 2.16. The number of nitrogens with zero attached hydrogens (tertiary/aromatic N) is 2. The van der Waals surface area contributed by atoms with E-state index in [1.807, 2.05) is 6.07 Å². The predicted molar refractivity (Wildman–Crippen MR) is 293 cm³/mol. The summed E-state index contributed by atoms with van der Waals surface area (Å²) in [6, 6.07) is 21.7. The van der Waals surface area contributed by atoms with Crippen LogP contribution >= 0.6 is 31.9 Å². The standard InChI is InChI=1S/C60H92Br2N2O/c1-3-5-7-9-11-13-15-17-19-21-23-25-27-29-31-33-35-37-39-51-40-42-52(43-41-51)58-59(64-60-56(63-58)49-48-55(61)57(60)62)53-44-46-54(47-45-53)65-50-38-36-34-32-30-28-26-24-22-20-18-16-14-12-10-8-6-4-2/h40-49H,3-39,50H2,1-2H3. The van der Waals surface area contributed by atoms with Gasteiger partial charge in [0.2, 0.25) is 0 Å². The minimum atomic E-state index is 0.770. The second-order valence-corrected chi connectivity index (χ2v) is 21.1. The summed E-state index contributed by atoms with van der Waals surface area (Å²) < 4.78 is 8.12. The van der Waals surface area contributed by atoms with Gasteiger partial charge in [-0.2, -0.15) is 0 Å². The molecule has 3 nitrogen and oxygen atoms in total. The first kappa shape index (κ1) is 55.4. The monoisotopic (exact) mass is 1010 g/mol. The fraction of sp³-hybridized carbons (Fsp3) is 0.667. The molecule has 0 saturated carbocycles. The Kier molecular flexibility index (Phi) is 31.3. The van der Waals surface area contributed by atoms with E-state index in [-0.39, 0.29) is 0 Å². The summed E-state index contributed by atoms with van der Waals surface area (Å²) in [6.45, 7) is 5.37. The summed E-state index contributed by atoms with van der Waals surface area (Å²) in [5, 5.41) is 0. The van der Waals surface area contributed by atoms with Crippen molar-refractivity contribution in [3.05, 3.63) is 75.2 Å². The number of aromatic nitrogens is 2. The smallest absolute Gasteiger partial charge is 0.119 e. The lowest BCUT2D eigenvalue weighted by atomic mass is 10.00. The van der Waals surface area contributed by atoms with Gasteiger partial charge in [0.05, 0.1) is 28.0 Å². The largest absolute Gasteiger partial charge is 0.494 e. The second kappa shape index (κ2) is 36.8. The van der Waals surface area contributed by atoms with E-state index in [1.165, 1.54) is 230 Å². The van der Waals surface area contributed by atoms with Crippen molar-refractivity contribution in [1.29, 1.82) is 0 Å². The SMILES string of the molecule is CCCCCCCCCCCCCCCCCCCCOc1ccc(-c2nc3c(Br)c(Br)ccc3nc2-c2ccc(CCCCCCCCCCCCCCCCCCCC)cc2)cc1. The summed E-state index contributed by atoms with van der Waals surface area (Å²) in [5.41, 5.74) is 7.10. The van der Waals surface area contributed by atoms with Crippen molar-refractivity contribution in [3.63, 3.8) is 0 Å². The van der Waals surface area contributed by atoms with Crippen LogP contribution in [0.25, 0.3) is 33.5 Å². The van der Waals surface area contributed by atoms with Gasteiger partial charge in [-0.1, -0.05) is 256 Å². The molecule has 0 fully saturated rings. The maximum absolute atomic E-state index is 6.21. The summed E-state index contributed by atoms with van der Waals surface area (Å²) in [5.74, 6) is 0.920. The van der Waals surface area contributed by atoms with Gasteiger partial charge in [-0.3, -0.25) is 0 Å². The molecule has 1 aromatic heterocycles. The topological polar surface area (TPSA) is 35.0 Å². The fourth-order valence-corrected chi connectivity index (χ4v) is 10.2. The minimum absolute atomic E-state index is 0.770. The Labute approximate surface area is 416 Å². The van der Waals surface area contributed by atoms with Gasteiger partial charge in [-0.25, -0.2) is 9.97 Å². The van der Waals surface area contributed by atoms with Gasteiger partial charge in [0.1, 0.15) is 11.3 Å². The molecule has 4 rings (SSSR count). The van der Waals surface area contributed by atoms with Gasteiger partial charge >= 0.3 is 0 Å². The number of halogens is 2. The molecule has 0 aliphatic heterocycles. The van der Waals surface area contributed by atoms with Crippen molar-refractivity contribution in [2.45, 2.75) is 251 Å². The molecule has 0 unspecified atom stereocenters. The van der Waals surface area contributed by atoms with E-state index in [1.54, 1.807) is 0 Å². The number of rotatable bonds is 41. The van der Waals surface area contributed by atoms with E-state index >= 15 is 0 Å². The third-order valence-electron chi connectivity index (χ3n) is 13.7. The van der Waals surface area contributed by atoms with Crippen LogP contribution < -0.4 is 4.74 Å². The van der Waals surface area contributed by atoms with Gasteiger partial charge < -0.3 is 4.74 Å². The first-order valence-electron chi connectivity index (χ1n) is 27.6. The van der Waals surface area contributed by atoms with Crippen LogP contribution in [0.2, 0.25) is 0 Å². The van der Waals surface area contributed by atoms with Crippen LogP contribution in [0.15, 0.2) is 69.6 Å². The fourth-order valence-electron chi connectivity index (χ4n) is 9.43. The molecule has 3 aromatic carbocycles. The molecular formula is C60H92Br2N2O. The Morgan fingerprint density at radius 2 is 0.723 bits per heavy atom. The molecule has 0 bridgehead atoms. The number of hydrogen-bond acceptors (Lipinski definition) is 3. The molecule has 0 saturated heterocycles. The van der Waals surface area contributed by atoms with E-state index in [0.717, 1.165) is 67.7 Å². The van der Waals surface area contributed by atoms with Crippen LogP contribution in [0.4, 0.5) is 0 Å². The number of unbranched alkanes of at least 4 members (excludes halogenated alkanes) is 34. The summed E-state index contributed by atoms with van der Waals surface area (Å²) in [4.78, 5) is 10.5. The molecule has 0 aliphatic rings. The van der Waals surface area contributed by atoms with Crippen LogP contribution in [0, 0.1) is 0 Å². The zero-order valence-electron chi connectivity index (χ0n) is 41.7. The lowest BCUT2D eigenvalue weighted by Crippen LogP contribution is -1.99. The van der Waals surface area contributed by atoms with Crippen molar-refractivity contribution in [3.8, 4) is 28.3 Å². The Bertz CT molecular complexity index is 1760. The number of fused-ring (bicyclic) bond motifs is 1. The third kappa shape index (κ3) is 24.1. The van der Waals surface area contributed by atoms with Crippen LogP contribution in [-0.2, 0) is 6.42 Å². The summed E-state index contributed by atoms with van der Waals surface area (Å²) in [7, 11) is 0. The summed E-state index contributed by atoms with van der Waals surface area (Å²) >= 11 is 7.46. The first-order valence-corrected chi connectivity index (χ1v) is 29.2. The molecule has 362 valence electrons. The van der Waals surface area contributed by atoms with Gasteiger partial charge in [-0.15, -0.1) is 0 Å². The van der Waals surface area contributed by atoms with Crippen molar-refractivity contribution < 1.29 is 4.74 Å². The van der Waals surface area contributed by atoms with Crippen molar-refractivity contribution in [2.24, 2.45) is 0 Å². The van der Waals surface area contributed by atoms with Crippen molar-refractivity contribution in [1.82, 2.24) is 9.97 Å². The van der Waals surface area contributed by atoms with Crippen LogP contribution in [-0.4, -0.2) is 16.6 Å². The lowest BCUT2D eigenvalue weighted by Gasteiger charge is -2.13. The quantitative estimate of drug-likeness (QED) is 0.0416. The summed E-state index contributed by atoms with van der Waals surface area (Å²) in [6.07, 6.45) is 51.6. The molecule has 0 aliphatic carbocycles. The zero-order valence-corrected chi connectivity index (χ0v) is 44.9. The highest BCUT2D eigenvalue weighted by Crippen LogP contribution is 2.36. The molecule has 5 heteroatoms. The molecule has 1 heterocycles. The van der Waals surface area contributed by atoms with Crippen LogP contribution in [0.5, 0.6) is 5.75 Å². The Morgan fingerprint density at radius 1 is 0.369 bits per heavy atom. The maximum atomic E-state index is 6.21. The zero-order chi connectivity index (χ0) is 45.8. The minimum Gasteiger partial charge on any atom is -0.494 e.